The fourth-order valence-corrected chi connectivity index (χ4v) is 6.98. The van der Waals surface area contributed by atoms with Gasteiger partial charge in [-0.1, -0.05) is 193 Å². The number of amides is 1. The van der Waals surface area contributed by atoms with Crippen LogP contribution in [0.3, 0.4) is 0 Å². The summed E-state index contributed by atoms with van der Waals surface area (Å²) in [5, 5.41) is 23.0. The molecule has 0 aliphatic rings. The van der Waals surface area contributed by atoms with E-state index in [2.05, 4.69) is 31.3 Å². The van der Waals surface area contributed by atoms with Gasteiger partial charge in [0.25, 0.3) is 0 Å². The average Bonchev–Trinajstić information content (AvgIpc) is 3.14. The number of ether oxygens (including phenoxy) is 1. The lowest BCUT2D eigenvalue weighted by Crippen LogP contribution is -2.45. The van der Waals surface area contributed by atoms with Crippen molar-refractivity contribution in [2.24, 2.45) is 0 Å². The van der Waals surface area contributed by atoms with Crippen LogP contribution in [0.5, 0.6) is 0 Å². The number of rotatable bonds is 42. The lowest BCUT2D eigenvalue weighted by Gasteiger charge is -2.22. The summed E-state index contributed by atoms with van der Waals surface area (Å²) >= 11 is 0. The Balaban J connectivity index is 3.45. The molecule has 0 saturated carbocycles. The van der Waals surface area contributed by atoms with Crippen molar-refractivity contribution in [3.05, 3.63) is 12.2 Å². The van der Waals surface area contributed by atoms with Gasteiger partial charge in [0.1, 0.15) is 0 Å². The van der Waals surface area contributed by atoms with E-state index in [0.29, 0.717) is 25.9 Å². The monoisotopic (exact) mass is 736 g/mol. The lowest BCUT2D eigenvalue weighted by atomic mass is 10.0. The van der Waals surface area contributed by atoms with E-state index in [1.165, 1.54) is 154 Å². The Hall–Kier alpha value is -1.40. The van der Waals surface area contributed by atoms with Gasteiger partial charge in [-0.15, -0.1) is 0 Å². The second kappa shape index (κ2) is 42.3. The molecule has 0 aliphatic carbocycles. The van der Waals surface area contributed by atoms with Crippen LogP contribution in [0.2, 0.25) is 0 Å². The molecule has 2 atom stereocenters. The molecule has 1 amide bonds. The van der Waals surface area contributed by atoms with Crippen molar-refractivity contribution in [1.29, 1.82) is 0 Å². The van der Waals surface area contributed by atoms with Gasteiger partial charge < -0.3 is 20.3 Å². The van der Waals surface area contributed by atoms with Gasteiger partial charge in [-0.25, -0.2) is 0 Å². The van der Waals surface area contributed by atoms with Crippen LogP contribution in [0.4, 0.5) is 0 Å². The molecule has 0 rings (SSSR count). The summed E-state index contributed by atoms with van der Waals surface area (Å²) in [5.74, 6) is -0.0721. The Morgan fingerprint density at radius 2 is 0.904 bits per heavy atom. The number of allylic oxidation sites excluding steroid dienone is 2. The van der Waals surface area contributed by atoms with Crippen molar-refractivity contribution in [3.63, 3.8) is 0 Å². The SMILES string of the molecule is CCCCCC/C=C\CCCCCCCC(=O)OCCCCCCCCCCCCCCC(=O)NC(CO)C(O)CCCCCCCCCCCC. The third-order valence-corrected chi connectivity index (χ3v) is 10.6. The van der Waals surface area contributed by atoms with Crippen LogP contribution in [-0.2, 0) is 14.3 Å². The van der Waals surface area contributed by atoms with Crippen LogP contribution in [0.25, 0.3) is 0 Å². The zero-order chi connectivity index (χ0) is 38.0. The van der Waals surface area contributed by atoms with Gasteiger partial charge in [0.05, 0.1) is 25.4 Å². The highest BCUT2D eigenvalue weighted by Gasteiger charge is 2.20. The summed E-state index contributed by atoms with van der Waals surface area (Å²) in [6, 6.07) is -0.550. The summed E-state index contributed by atoms with van der Waals surface area (Å²) in [7, 11) is 0. The van der Waals surface area contributed by atoms with Gasteiger partial charge >= 0.3 is 5.97 Å². The minimum atomic E-state index is -0.671. The molecule has 308 valence electrons. The topological polar surface area (TPSA) is 95.9 Å². The normalized spacial score (nSPS) is 12.8. The van der Waals surface area contributed by atoms with Gasteiger partial charge in [-0.05, 0) is 51.4 Å². The van der Waals surface area contributed by atoms with E-state index in [4.69, 9.17) is 4.74 Å². The minimum absolute atomic E-state index is 0.0190. The molecule has 0 spiro atoms. The van der Waals surface area contributed by atoms with E-state index < -0.39 is 12.1 Å². The molecular formula is C46H89NO5. The molecule has 0 aliphatic heterocycles. The third-order valence-electron chi connectivity index (χ3n) is 10.6. The smallest absolute Gasteiger partial charge is 0.305 e. The number of aliphatic hydroxyl groups excluding tert-OH is 2. The predicted molar refractivity (Wildman–Crippen MR) is 223 cm³/mol. The van der Waals surface area contributed by atoms with Gasteiger partial charge in [-0.2, -0.15) is 0 Å². The average molecular weight is 736 g/mol. The van der Waals surface area contributed by atoms with Gasteiger partial charge in [0.15, 0.2) is 0 Å². The van der Waals surface area contributed by atoms with Crippen LogP contribution >= 0.6 is 0 Å². The van der Waals surface area contributed by atoms with E-state index in [-0.39, 0.29) is 18.5 Å². The van der Waals surface area contributed by atoms with E-state index in [1.807, 2.05) is 0 Å². The number of carbonyl (C=O) groups excluding carboxylic acids is 2. The molecule has 0 radical (unpaired) electrons. The largest absolute Gasteiger partial charge is 0.466 e. The Kier molecular flexibility index (Phi) is 41.2. The van der Waals surface area contributed by atoms with Crippen LogP contribution in [0, 0.1) is 0 Å². The van der Waals surface area contributed by atoms with Crippen molar-refractivity contribution in [2.75, 3.05) is 13.2 Å². The maximum Gasteiger partial charge on any atom is 0.305 e. The number of carbonyl (C=O) groups is 2. The molecule has 2 unspecified atom stereocenters. The second-order valence-electron chi connectivity index (χ2n) is 15.7. The van der Waals surface area contributed by atoms with Crippen LogP contribution in [-0.4, -0.2) is 47.4 Å². The Morgan fingerprint density at radius 1 is 0.519 bits per heavy atom. The molecule has 3 N–H and O–H groups in total. The molecular weight excluding hydrogens is 647 g/mol. The summed E-state index contributed by atoms with van der Waals surface area (Å²) < 4.78 is 5.44. The molecule has 52 heavy (non-hydrogen) atoms. The Bertz CT molecular complexity index is 772. The van der Waals surface area contributed by atoms with Gasteiger partial charge in [0, 0.05) is 12.8 Å². The molecule has 0 aromatic heterocycles. The standard InChI is InChI=1S/C46H89NO5/c1-3-5-7-9-11-13-15-16-20-24-28-32-36-40-46(51)52-41-37-33-29-25-21-18-17-19-23-27-31-35-39-45(50)47-43(42-48)44(49)38-34-30-26-22-14-12-10-8-6-4-2/h13,15,43-44,48-49H,3-12,14,16-42H2,1-2H3,(H,47,50)/b15-13-. The van der Waals surface area contributed by atoms with Crippen LogP contribution < -0.4 is 5.32 Å². The first-order valence-corrected chi connectivity index (χ1v) is 22.9. The predicted octanol–water partition coefficient (Wildman–Crippen LogP) is 13.0. The molecule has 0 aromatic rings. The van der Waals surface area contributed by atoms with Crippen LogP contribution in [0.1, 0.15) is 245 Å². The summed E-state index contributed by atoms with van der Waals surface area (Å²) in [6.07, 6.45) is 45.9. The quantitative estimate of drug-likeness (QED) is 0.0329. The summed E-state index contributed by atoms with van der Waals surface area (Å²) in [6.45, 7) is 4.88. The zero-order valence-corrected chi connectivity index (χ0v) is 34.8. The van der Waals surface area contributed by atoms with Crippen LogP contribution in [0.15, 0.2) is 12.2 Å². The number of unbranched alkanes of at least 4 members (excludes halogenated alkanes) is 29. The maximum absolute atomic E-state index is 12.4. The van der Waals surface area contributed by atoms with E-state index >= 15 is 0 Å². The van der Waals surface area contributed by atoms with Crippen molar-refractivity contribution in [3.8, 4) is 0 Å². The zero-order valence-electron chi connectivity index (χ0n) is 34.8. The highest BCUT2D eigenvalue weighted by Crippen LogP contribution is 2.15. The lowest BCUT2D eigenvalue weighted by molar-refractivity contribution is -0.143. The number of esters is 1. The maximum atomic E-state index is 12.4. The molecule has 0 bridgehead atoms. The molecule has 6 nitrogen and oxygen atoms in total. The summed E-state index contributed by atoms with van der Waals surface area (Å²) in [4.78, 5) is 24.3. The van der Waals surface area contributed by atoms with Crippen molar-refractivity contribution < 1.29 is 24.5 Å². The van der Waals surface area contributed by atoms with E-state index in [9.17, 15) is 19.8 Å². The molecule has 6 heteroatoms. The van der Waals surface area contributed by atoms with Crippen molar-refractivity contribution in [1.82, 2.24) is 5.32 Å². The number of nitrogens with one attached hydrogen (secondary N) is 1. The van der Waals surface area contributed by atoms with E-state index in [1.54, 1.807) is 0 Å². The minimum Gasteiger partial charge on any atom is -0.466 e. The van der Waals surface area contributed by atoms with Gasteiger partial charge in [-0.3, -0.25) is 9.59 Å². The Labute approximate surface area is 323 Å². The molecule has 0 heterocycles. The second-order valence-corrected chi connectivity index (χ2v) is 15.7. The van der Waals surface area contributed by atoms with Gasteiger partial charge in [0.2, 0.25) is 5.91 Å². The molecule has 0 saturated heterocycles. The Morgan fingerprint density at radius 3 is 1.38 bits per heavy atom. The third kappa shape index (κ3) is 38.3. The first kappa shape index (κ1) is 50.6. The molecule has 0 fully saturated rings. The highest BCUT2D eigenvalue weighted by molar-refractivity contribution is 5.76. The fraction of sp³-hybridized carbons (Fsp3) is 0.913. The fourth-order valence-electron chi connectivity index (χ4n) is 6.98. The van der Waals surface area contributed by atoms with E-state index in [0.717, 1.165) is 57.8 Å². The highest BCUT2D eigenvalue weighted by atomic mass is 16.5. The number of hydrogen-bond acceptors (Lipinski definition) is 5. The number of hydrogen-bond donors (Lipinski definition) is 3. The van der Waals surface area contributed by atoms with Crippen molar-refractivity contribution in [2.45, 2.75) is 257 Å². The molecule has 0 aromatic carbocycles. The first-order chi connectivity index (χ1) is 25.5. The first-order valence-electron chi connectivity index (χ1n) is 22.9. The summed E-state index contributed by atoms with van der Waals surface area (Å²) in [5.41, 5.74) is 0. The van der Waals surface area contributed by atoms with Crippen molar-refractivity contribution >= 4 is 11.9 Å². The number of aliphatic hydroxyl groups is 2.